The first kappa shape index (κ1) is 15.3. The highest BCUT2D eigenvalue weighted by molar-refractivity contribution is 8.00. The summed E-state index contributed by atoms with van der Waals surface area (Å²) >= 11 is 1.48. The molecule has 7 heteroatoms. The maximum Gasteiger partial charge on any atom is 0.355 e. The Morgan fingerprint density at radius 3 is 2.60 bits per heavy atom. The average molecular weight is 300 g/mol. The maximum atomic E-state index is 12.3. The molecule has 2 aliphatic rings. The summed E-state index contributed by atoms with van der Waals surface area (Å²) in [5.41, 5.74) is 5.08. The third-order valence-corrected chi connectivity index (χ3v) is 4.66. The third kappa shape index (κ3) is 2.23. The average Bonchev–Trinajstić information content (AvgIpc) is 2.34. The lowest BCUT2D eigenvalue weighted by Crippen LogP contribution is -2.78. The Labute approximate surface area is 122 Å². The van der Waals surface area contributed by atoms with Crippen LogP contribution in [0.3, 0.4) is 0 Å². The number of carbonyl (C=O) groups excluding carboxylic acids is 2. The predicted molar refractivity (Wildman–Crippen MR) is 75.6 cm³/mol. The molecule has 1 saturated heterocycles. The van der Waals surface area contributed by atoms with E-state index in [2.05, 4.69) is 0 Å². The Balaban J connectivity index is 2.29. The van der Waals surface area contributed by atoms with Crippen LogP contribution in [0.1, 0.15) is 27.7 Å². The van der Waals surface area contributed by atoms with Gasteiger partial charge in [0.05, 0.1) is 0 Å². The molecule has 0 aromatic heterocycles. The molecule has 0 bridgehead atoms. The van der Waals surface area contributed by atoms with Gasteiger partial charge in [0.15, 0.2) is 0 Å². The number of hydrogen-bond acceptors (Lipinski definition) is 6. The molecule has 0 unspecified atom stereocenters. The van der Waals surface area contributed by atoms with Gasteiger partial charge in [-0.1, -0.05) is 0 Å². The fourth-order valence-corrected chi connectivity index (χ4v) is 3.55. The van der Waals surface area contributed by atoms with E-state index in [1.165, 1.54) is 23.8 Å². The van der Waals surface area contributed by atoms with E-state index >= 15 is 0 Å². The van der Waals surface area contributed by atoms with Gasteiger partial charge in [-0.3, -0.25) is 15.4 Å². The largest absolute Gasteiger partial charge is 0.455 e. The zero-order valence-electron chi connectivity index (χ0n) is 12.4. The molecule has 0 saturated carbocycles. The number of rotatable bonds is 2. The molecule has 2 rings (SSSR count). The summed E-state index contributed by atoms with van der Waals surface area (Å²) in [5.74, 6) is -0.282. The van der Waals surface area contributed by atoms with Gasteiger partial charge in [0.25, 0.3) is 5.91 Å². The molecular weight excluding hydrogens is 280 g/mol. The van der Waals surface area contributed by atoms with Crippen LogP contribution in [0.4, 0.5) is 0 Å². The fraction of sp³-hybridized carbons (Fsp3) is 0.692. The first-order valence-electron chi connectivity index (χ1n) is 6.34. The Hall–Kier alpha value is -1.05. The lowest BCUT2D eigenvalue weighted by atomic mass is 10.00. The minimum absolute atomic E-state index is 0.298. The highest BCUT2D eigenvalue weighted by Gasteiger charge is 2.63. The predicted octanol–water partition coefficient (Wildman–Crippen LogP) is 0.819. The second-order valence-electron chi connectivity index (χ2n) is 5.97. The van der Waals surface area contributed by atoms with E-state index in [1.54, 1.807) is 20.8 Å². The molecule has 1 amide bonds. The zero-order chi connectivity index (χ0) is 15.3. The van der Waals surface area contributed by atoms with Crippen LogP contribution in [-0.2, 0) is 19.1 Å². The smallest absolute Gasteiger partial charge is 0.355 e. The number of hydrogen-bond donors (Lipinski definition) is 1. The van der Waals surface area contributed by atoms with Gasteiger partial charge in [-0.25, -0.2) is 4.79 Å². The van der Waals surface area contributed by atoms with E-state index in [0.29, 0.717) is 11.4 Å². The Morgan fingerprint density at radius 1 is 1.50 bits per heavy atom. The van der Waals surface area contributed by atoms with E-state index in [-0.39, 0.29) is 5.37 Å². The van der Waals surface area contributed by atoms with Crippen molar-refractivity contribution < 1.29 is 19.1 Å². The van der Waals surface area contributed by atoms with Crippen molar-refractivity contribution in [2.75, 3.05) is 12.9 Å². The highest BCUT2D eigenvalue weighted by Crippen LogP contribution is 2.45. The van der Waals surface area contributed by atoms with E-state index in [4.69, 9.17) is 15.2 Å². The summed E-state index contributed by atoms with van der Waals surface area (Å²) in [6, 6.07) is 0. The molecule has 0 aromatic carbocycles. The van der Waals surface area contributed by atoms with Crippen molar-refractivity contribution >= 4 is 23.6 Å². The molecule has 2 heterocycles. The van der Waals surface area contributed by atoms with Crippen LogP contribution < -0.4 is 5.73 Å². The van der Waals surface area contributed by atoms with Gasteiger partial charge in [-0.05, 0) is 33.3 Å². The molecule has 20 heavy (non-hydrogen) atoms. The number of nitrogens with two attached hydrogens (primary N) is 1. The highest BCUT2D eigenvalue weighted by atomic mass is 32.2. The second kappa shape index (κ2) is 4.75. The van der Waals surface area contributed by atoms with Crippen molar-refractivity contribution in [3.05, 3.63) is 11.3 Å². The second-order valence-corrected chi connectivity index (χ2v) is 7.04. The normalized spacial score (nSPS) is 30.0. The van der Waals surface area contributed by atoms with Gasteiger partial charge < -0.3 is 9.47 Å². The number of β-lactam (4-membered cyclic amide) rings is 1. The van der Waals surface area contributed by atoms with Gasteiger partial charge in [0.2, 0.25) is 5.72 Å². The molecule has 6 nitrogen and oxygen atoms in total. The SMILES string of the molecule is CO[C@@]1(N)C(=O)N2C(C(=O)OC(C)(C)C)=C(C)CS[C@@H]21. The molecular formula is C13H20N2O4S. The number of carbonyl (C=O) groups is 2. The Morgan fingerprint density at radius 2 is 2.10 bits per heavy atom. The van der Waals surface area contributed by atoms with E-state index < -0.39 is 23.2 Å². The van der Waals surface area contributed by atoms with Crippen LogP contribution in [0, 0.1) is 0 Å². The molecule has 2 aliphatic heterocycles. The first-order chi connectivity index (χ1) is 9.12. The van der Waals surface area contributed by atoms with Crippen LogP contribution in [-0.4, -0.2) is 46.3 Å². The first-order valence-corrected chi connectivity index (χ1v) is 7.39. The van der Waals surface area contributed by atoms with E-state index in [9.17, 15) is 9.59 Å². The number of nitrogens with zero attached hydrogens (tertiary/aromatic N) is 1. The summed E-state index contributed by atoms with van der Waals surface area (Å²) in [6.45, 7) is 7.18. The number of ether oxygens (including phenoxy) is 2. The lowest BCUT2D eigenvalue weighted by molar-refractivity contribution is -0.184. The van der Waals surface area contributed by atoms with Crippen LogP contribution >= 0.6 is 11.8 Å². The van der Waals surface area contributed by atoms with Crippen molar-refractivity contribution in [2.45, 2.75) is 44.4 Å². The molecule has 2 atom stereocenters. The number of esters is 1. The molecule has 112 valence electrons. The molecule has 2 N–H and O–H groups in total. The summed E-state index contributed by atoms with van der Waals surface area (Å²) in [5, 5.41) is -0.383. The van der Waals surface area contributed by atoms with Gasteiger partial charge in [0, 0.05) is 12.9 Å². The van der Waals surface area contributed by atoms with E-state index in [1.807, 2.05) is 6.92 Å². The van der Waals surface area contributed by atoms with Gasteiger partial charge in [-0.15, -0.1) is 11.8 Å². The Bertz CT molecular complexity index is 497. The molecule has 1 fully saturated rings. The van der Waals surface area contributed by atoms with Crippen molar-refractivity contribution in [1.29, 1.82) is 0 Å². The summed E-state index contributed by atoms with van der Waals surface area (Å²) in [4.78, 5) is 25.9. The van der Waals surface area contributed by atoms with Crippen molar-refractivity contribution in [1.82, 2.24) is 4.90 Å². The number of methoxy groups -OCH3 is 1. The summed E-state index contributed by atoms with van der Waals surface area (Å²) in [7, 11) is 1.40. The molecule has 0 aliphatic carbocycles. The number of fused-ring (bicyclic) bond motifs is 1. The lowest BCUT2D eigenvalue weighted by Gasteiger charge is -2.54. The minimum Gasteiger partial charge on any atom is -0.455 e. The monoisotopic (exact) mass is 300 g/mol. The standard InChI is InChI=1S/C13H20N2O4S/c1-7-6-20-11-13(14,18-5)10(17)15(11)8(7)9(16)19-12(2,3)4/h11H,6,14H2,1-5H3/t11-,13+/m1/s1. The van der Waals surface area contributed by atoms with Crippen LogP contribution in [0.25, 0.3) is 0 Å². The van der Waals surface area contributed by atoms with Gasteiger partial charge in [0.1, 0.15) is 16.7 Å². The number of thioether (sulfide) groups is 1. The van der Waals surface area contributed by atoms with Crippen LogP contribution in [0.2, 0.25) is 0 Å². The Kier molecular flexibility index (Phi) is 3.64. The van der Waals surface area contributed by atoms with Crippen molar-refractivity contribution in [3.8, 4) is 0 Å². The van der Waals surface area contributed by atoms with Gasteiger partial charge in [-0.2, -0.15) is 0 Å². The van der Waals surface area contributed by atoms with E-state index in [0.717, 1.165) is 5.57 Å². The van der Waals surface area contributed by atoms with Crippen molar-refractivity contribution in [3.63, 3.8) is 0 Å². The fourth-order valence-electron chi connectivity index (χ4n) is 2.21. The topological polar surface area (TPSA) is 81.9 Å². The number of amides is 1. The summed E-state index contributed by atoms with van der Waals surface area (Å²) in [6.07, 6.45) is 0. The minimum atomic E-state index is -1.35. The maximum absolute atomic E-state index is 12.3. The third-order valence-electron chi connectivity index (χ3n) is 3.19. The molecule has 0 aromatic rings. The van der Waals surface area contributed by atoms with Gasteiger partial charge >= 0.3 is 5.97 Å². The molecule has 0 radical (unpaired) electrons. The molecule has 0 spiro atoms. The zero-order valence-corrected chi connectivity index (χ0v) is 13.2. The van der Waals surface area contributed by atoms with Crippen LogP contribution in [0.15, 0.2) is 11.3 Å². The summed E-state index contributed by atoms with van der Waals surface area (Å²) < 4.78 is 10.5. The van der Waals surface area contributed by atoms with Crippen LogP contribution in [0.5, 0.6) is 0 Å². The van der Waals surface area contributed by atoms with Crippen molar-refractivity contribution in [2.24, 2.45) is 5.73 Å². The quantitative estimate of drug-likeness (QED) is 0.462.